The molecule has 0 spiro atoms. The van der Waals surface area contributed by atoms with Crippen molar-refractivity contribution in [1.82, 2.24) is 4.31 Å². The third-order valence-corrected chi connectivity index (χ3v) is 5.97. The summed E-state index contributed by atoms with van der Waals surface area (Å²) >= 11 is 11.3. The van der Waals surface area contributed by atoms with Crippen molar-refractivity contribution in [3.05, 3.63) is 28.5 Å². The summed E-state index contributed by atoms with van der Waals surface area (Å²) in [5.74, 6) is -1.59. The topological polar surface area (TPSA) is 71.5 Å². The van der Waals surface area contributed by atoms with Gasteiger partial charge < -0.3 is 0 Å². The molecule has 0 bridgehead atoms. The molecule has 0 atom stereocenters. The second-order valence-electron chi connectivity index (χ2n) is 4.47. The van der Waals surface area contributed by atoms with Crippen LogP contribution >= 0.6 is 23.2 Å². The van der Waals surface area contributed by atoms with Crippen LogP contribution in [0.25, 0.3) is 0 Å². The van der Waals surface area contributed by atoms with Crippen LogP contribution in [0.1, 0.15) is 5.56 Å². The van der Waals surface area contributed by atoms with E-state index in [-0.39, 0.29) is 28.8 Å². The number of halogens is 3. The van der Waals surface area contributed by atoms with Gasteiger partial charge in [-0.1, -0.05) is 11.6 Å². The minimum absolute atomic E-state index is 0.0298. The van der Waals surface area contributed by atoms with E-state index in [1.165, 1.54) is 13.1 Å². The lowest BCUT2D eigenvalue weighted by Crippen LogP contribution is -2.32. The summed E-state index contributed by atoms with van der Waals surface area (Å²) in [7, 11) is -6.37. The summed E-state index contributed by atoms with van der Waals surface area (Å²) in [4.78, 5) is -0.623. The van der Waals surface area contributed by atoms with E-state index < -0.39 is 30.6 Å². The highest BCUT2D eigenvalue weighted by Crippen LogP contribution is 2.26. The standard InChI is InChI=1S/C11H14Cl2FNO4S2/c1-15(3-4-20(2,16)17)21(18,19)10-6-9(13)5-8(7-12)11(10)14/h5-6H,3-4,7H2,1-2H3. The Hall–Kier alpha value is -0.410. The Kier molecular flexibility index (Phi) is 6.02. The molecule has 10 heteroatoms. The van der Waals surface area contributed by atoms with E-state index in [9.17, 15) is 21.2 Å². The van der Waals surface area contributed by atoms with Crippen molar-refractivity contribution in [2.75, 3.05) is 25.6 Å². The molecule has 0 aliphatic carbocycles. The highest BCUT2D eigenvalue weighted by Gasteiger charge is 2.27. The van der Waals surface area contributed by atoms with Crippen molar-refractivity contribution in [2.45, 2.75) is 10.8 Å². The van der Waals surface area contributed by atoms with Gasteiger partial charge >= 0.3 is 0 Å². The number of rotatable bonds is 6. The van der Waals surface area contributed by atoms with Crippen molar-refractivity contribution >= 4 is 43.1 Å². The molecule has 0 heterocycles. The molecule has 5 nitrogen and oxygen atoms in total. The Labute approximate surface area is 133 Å². The zero-order chi connectivity index (χ0) is 16.4. The molecule has 1 rings (SSSR count). The second-order valence-corrected chi connectivity index (χ2v) is 9.44. The van der Waals surface area contributed by atoms with Gasteiger partial charge in [-0.05, 0) is 12.1 Å². The van der Waals surface area contributed by atoms with Gasteiger partial charge in [0.1, 0.15) is 20.5 Å². The summed E-state index contributed by atoms with van der Waals surface area (Å²) in [5, 5.41) is 0.0298. The highest BCUT2D eigenvalue weighted by molar-refractivity contribution is 7.91. The maximum atomic E-state index is 14.1. The van der Waals surface area contributed by atoms with Crippen LogP contribution in [0, 0.1) is 5.82 Å². The number of benzene rings is 1. The van der Waals surface area contributed by atoms with Crippen molar-refractivity contribution in [1.29, 1.82) is 0 Å². The van der Waals surface area contributed by atoms with Crippen molar-refractivity contribution in [3.8, 4) is 0 Å². The number of hydrogen-bond donors (Lipinski definition) is 0. The van der Waals surface area contributed by atoms with Gasteiger partial charge in [0.15, 0.2) is 0 Å². The molecule has 0 N–H and O–H groups in total. The van der Waals surface area contributed by atoms with Crippen molar-refractivity contribution in [3.63, 3.8) is 0 Å². The predicted octanol–water partition coefficient (Wildman–Crippen LogP) is 1.88. The minimum atomic E-state index is -4.20. The van der Waals surface area contributed by atoms with Crippen LogP contribution in [0.15, 0.2) is 17.0 Å². The van der Waals surface area contributed by atoms with E-state index >= 15 is 0 Å². The quantitative estimate of drug-likeness (QED) is 0.709. The zero-order valence-corrected chi connectivity index (χ0v) is 14.5. The Morgan fingerprint density at radius 2 is 1.81 bits per heavy atom. The van der Waals surface area contributed by atoms with Gasteiger partial charge in [0.2, 0.25) is 10.0 Å². The SMILES string of the molecule is CN(CCS(C)(=O)=O)S(=O)(=O)c1cc(Cl)cc(CCl)c1F. The summed E-state index contributed by atoms with van der Waals surface area (Å²) in [5.41, 5.74) is -0.0424. The highest BCUT2D eigenvalue weighted by atomic mass is 35.5. The fourth-order valence-electron chi connectivity index (χ4n) is 1.49. The molecule has 0 aliphatic heterocycles. The molecule has 0 fully saturated rings. The van der Waals surface area contributed by atoms with Gasteiger partial charge in [0.25, 0.3) is 0 Å². The number of alkyl halides is 1. The fraction of sp³-hybridized carbons (Fsp3) is 0.455. The normalized spacial score (nSPS) is 12.9. The smallest absolute Gasteiger partial charge is 0.229 e. The zero-order valence-electron chi connectivity index (χ0n) is 11.3. The Morgan fingerprint density at radius 1 is 1.24 bits per heavy atom. The first-order valence-corrected chi connectivity index (χ1v) is 10.1. The Bertz CT molecular complexity index is 735. The van der Waals surface area contributed by atoms with E-state index in [1.54, 1.807) is 0 Å². The van der Waals surface area contributed by atoms with Crippen LogP contribution in [0.5, 0.6) is 0 Å². The van der Waals surface area contributed by atoms with Crippen LogP contribution in [0.2, 0.25) is 5.02 Å². The Balaban J connectivity index is 3.22. The molecule has 0 amide bonds. The van der Waals surface area contributed by atoms with Gasteiger partial charge in [-0.3, -0.25) is 0 Å². The van der Waals surface area contributed by atoms with Gasteiger partial charge in [-0.25, -0.2) is 21.2 Å². The largest absolute Gasteiger partial charge is 0.245 e. The summed E-state index contributed by atoms with van der Waals surface area (Å²) in [6, 6.07) is 2.21. The molecule has 0 aromatic heterocycles. The summed E-state index contributed by atoms with van der Waals surface area (Å²) < 4.78 is 61.6. The molecule has 1 aromatic carbocycles. The molecule has 0 unspecified atom stereocenters. The van der Waals surface area contributed by atoms with Crippen molar-refractivity contribution < 1.29 is 21.2 Å². The molecular formula is C11H14Cl2FNO4S2. The molecule has 21 heavy (non-hydrogen) atoms. The molecule has 0 saturated heterocycles. The maximum absolute atomic E-state index is 14.1. The third kappa shape index (κ3) is 4.79. The predicted molar refractivity (Wildman–Crippen MR) is 80.5 cm³/mol. The third-order valence-electron chi connectivity index (χ3n) is 2.69. The first-order valence-electron chi connectivity index (χ1n) is 5.67. The van der Waals surface area contributed by atoms with Crippen LogP contribution in [0.3, 0.4) is 0 Å². The number of sulfonamides is 1. The molecule has 0 aliphatic rings. The number of sulfone groups is 1. The van der Waals surface area contributed by atoms with Gasteiger partial charge in [-0.15, -0.1) is 11.6 Å². The number of hydrogen-bond acceptors (Lipinski definition) is 4. The minimum Gasteiger partial charge on any atom is -0.229 e. The van der Waals surface area contributed by atoms with Crippen LogP contribution < -0.4 is 0 Å². The Morgan fingerprint density at radius 3 is 2.29 bits per heavy atom. The summed E-state index contributed by atoms with van der Waals surface area (Å²) in [6.45, 7) is -0.288. The molecule has 1 aromatic rings. The van der Waals surface area contributed by atoms with Crippen molar-refractivity contribution in [2.24, 2.45) is 0 Å². The van der Waals surface area contributed by atoms with E-state index in [0.29, 0.717) is 0 Å². The first kappa shape index (κ1) is 18.6. The molecular weight excluding hydrogens is 364 g/mol. The molecule has 120 valence electrons. The van der Waals surface area contributed by atoms with Gasteiger partial charge in [0, 0.05) is 30.4 Å². The van der Waals surface area contributed by atoms with Crippen LogP contribution in [-0.4, -0.2) is 46.7 Å². The average Bonchev–Trinajstić information content (AvgIpc) is 2.36. The van der Waals surface area contributed by atoms with Gasteiger partial charge in [0.05, 0.1) is 11.6 Å². The lowest BCUT2D eigenvalue weighted by Gasteiger charge is -2.18. The monoisotopic (exact) mass is 377 g/mol. The molecule has 0 saturated carbocycles. The van der Waals surface area contributed by atoms with Gasteiger partial charge in [-0.2, -0.15) is 4.31 Å². The van der Waals surface area contributed by atoms with E-state index in [1.807, 2.05) is 0 Å². The maximum Gasteiger partial charge on any atom is 0.245 e. The lowest BCUT2D eigenvalue weighted by molar-refractivity contribution is 0.476. The number of nitrogens with zero attached hydrogens (tertiary/aromatic N) is 1. The second kappa shape index (κ2) is 6.78. The van der Waals surface area contributed by atoms with Crippen LogP contribution in [-0.2, 0) is 25.7 Å². The van der Waals surface area contributed by atoms with E-state index in [4.69, 9.17) is 23.2 Å². The average molecular weight is 378 g/mol. The first-order chi connectivity index (χ1) is 9.49. The van der Waals surface area contributed by atoms with E-state index in [0.717, 1.165) is 16.6 Å². The van der Waals surface area contributed by atoms with E-state index in [2.05, 4.69) is 0 Å². The lowest BCUT2D eigenvalue weighted by atomic mass is 10.2. The molecule has 0 radical (unpaired) electrons. The van der Waals surface area contributed by atoms with Crippen LogP contribution in [0.4, 0.5) is 4.39 Å². The summed E-state index contributed by atoms with van der Waals surface area (Å²) in [6.07, 6.45) is 0.985. The fourth-order valence-corrected chi connectivity index (χ4v) is 4.01.